The summed E-state index contributed by atoms with van der Waals surface area (Å²) in [6, 6.07) is 14.3. The van der Waals surface area contributed by atoms with Crippen LogP contribution in [-0.4, -0.2) is 27.5 Å². The van der Waals surface area contributed by atoms with Gasteiger partial charge in [-0.25, -0.2) is 9.18 Å². The van der Waals surface area contributed by atoms with Gasteiger partial charge in [-0.05, 0) is 49.6 Å². The van der Waals surface area contributed by atoms with Gasteiger partial charge in [0.05, 0.1) is 17.6 Å². The van der Waals surface area contributed by atoms with Crippen molar-refractivity contribution in [1.82, 2.24) is 9.88 Å². The van der Waals surface area contributed by atoms with E-state index >= 15 is 4.39 Å². The Balaban J connectivity index is 1.71. The fourth-order valence-electron chi connectivity index (χ4n) is 4.56. The maximum atomic E-state index is 15.7. The average Bonchev–Trinajstić information content (AvgIpc) is 3.34. The molecular formula is C26H24FN3O3. The van der Waals surface area contributed by atoms with E-state index in [-0.39, 0.29) is 5.56 Å². The number of aromatic nitrogens is 1. The van der Waals surface area contributed by atoms with Crippen LogP contribution < -0.4 is 5.73 Å². The first kappa shape index (κ1) is 21.0. The highest BCUT2D eigenvalue weighted by Gasteiger charge is 2.31. The second kappa shape index (κ2) is 7.33. The van der Waals surface area contributed by atoms with Crippen molar-refractivity contribution in [3.05, 3.63) is 71.0 Å². The van der Waals surface area contributed by atoms with E-state index in [1.54, 1.807) is 4.90 Å². The van der Waals surface area contributed by atoms with Crippen molar-refractivity contribution < 1.29 is 18.7 Å². The molecule has 2 amide bonds. The van der Waals surface area contributed by atoms with Gasteiger partial charge >= 0.3 is 6.09 Å². The Bertz CT molecular complexity index is 1450. The number of nitrogens with zero attached hydrogens (tertiary/aromatic N) is 1. The number of nitrogens with two attached hydrogens (primary N) is 1. The molecule has 0 aliphatic carbocycles. The van der Waals surface area contributed by atoms with Crippen LogP contribution in [0.4, 0.5) is 9.18 Å². The van der Waals surface area contributed by atoms with E-state index in [1.807, 2.05) is 63.2 Å². The van der Waals surface area contributed by atoms with Crippen LogP contribution in [0, 0.1) is 5.82 Å². The Morgan fingerprint density at radius 1 is 1.09 bits per heavy atom. The molecule has 5 rings (SSSR count). The molecule has 1 aromatic heterocycles. The minimum absolute atomic E-state index is 0.102. The molecule has 7 heteroatoms. The first-order valence-corrected chi connectivity index (χ1v) is 10.8. The second-order valence-corrected chi connectivity index (χ2v) is 9.35. The number of aromatic amines is 1. The molecule has 0 unspecified atom stereocenters. The van der Waals surface area contributed by atoms with Crippen molar-refractivity contribution in [1.29, 1.82) is 0 Å². The SMILES string of the molecule is CC(C)(C)OC(=O)N1Cc2cccc(-c3c(F)cc(C(N)=O)c4[nH]c5ccccc5c34)c2C1. The number of carbonyl (C=O) groups excluding carboxylic acids is 2. The van der Waals surface area contributed by atoms with Gasteiger partial charge in [0.1, 0.15) is 11.4 Å². The molecule has 1 aliphatic heterocycles. The predicted octanol–water partition coefficient (Wildman–Crippen LogP) is 5.48. The van der Waals surface area contributed by atoms with Gasteiger partial charge in [-0.3, -0.25) is 9.69 Å². The van der Waals surface area contributed by atoms with Crippen molar-refractivity contribution >= 4 is 33.8 Å². The Labute approximate surface area is 190 Å². The van der Waals surface area contributed by atoms with E-state index in [1.165, 1.54) is 6.07 Å². The molecule has 0 fully saturated rings. The van der Waals surface area contributed by atoms with E-state index in [0.29, 0.717) is 35.1 Å². The molecule has 0 spiro atoms. The number of rotatable bonds is 2. The monoisotopic (exact) mass is 445 g/mol. The van der Waals surface area contributed by atoms with Gasteiger partial charge in [-0.15, -0.1) is 0 Å². The summed E-state index contributed by atoms with van der Waals surface area (Å²) in [6.45, 7) is 6.16. The maximum Gasteiger partial charge on any atom is 0.410 e. The number of hydrogen-bond donors (Lipinski definition) is 2. The standard InChI is InChI=1S/C26H24FN3O3/c1-26(2,3)33-25(32)30-12-14-7-6-9-15(18(14)13-30)21-19(27)11-17(24(28)31)23-22(21)16-8-4-5-10-20(16)29-23/h4-11,29H,12-13H2,1-3H3,(H2,28,31). The number of ether oxygens (including phenoxy) is 1. The van der Waals surface area contributed by atoms with Crippen LogP contribution in [0.1, 0.15) is 42.3 Å². The number of para-hydroxylation sites is 1. The zero-order valence-electron chi connectivity index (χ0n) is 18.7. The largest absolute Gasteiger partial charge is 0.444 e. The molecule has 6 nitrogen and oxygen atoms in total. The second-order valence-electron chi connectivity index (χ2n) is 9.35. The summed E-state index contributed by atoms with van der Waals surface area (Å²) in [5, 5.41) is 1.40. The van der Waals surface area contributed by atoms with Gasteiger partial charge in [0.2, 0.25) is 0 Å². The lowest BCUT2D eigenvalue weighted by atomic mass is 9.91. The Hall–Kier alpha value is -3.87. The molecule has 0 radical (unpaired) electrons. The van der Waals surface area contributed by atoms with E-state index < -0.39 is 23.4 Å². The zero-order valence-corrected chi connectivity index (χ0v) is 18.7. The fourth-order valence-corrected chi connectivity index (χ4v) is 4.56. The van der Waals surface area contributed by atoms with Crippen LogP contribution in [0.3, 0.4) is 0 Å². The fraction of sp³-hybridized carbons (Fsp3) is 0.231. The third-order valence-electron chi connectivity index (χ3n) is 5.91. The number of fused-ring (bicyclic) bond motifs is 4. The molecule has 3 N–H and O–H groups in total. The van der Waals surface area contributed by atoms with Crippen molar-refractivity contribution in [3.63, 3.8) is 0 Å². The lowest BCUT2D eigenvalue weighted by Crippen LogP contribution is -2.33. The smallest absolute Gasteiger partial charge is 0.410 e. The molecule has 33 heavy (non-hydrogen) atoms. The summed E-state index contributed by atoms with van der Waals surface area (Å²) >= 11 is 0. The van der Waals surface area contributed by atoms with Crippen molar-refractivity contribution in [2.75, 3.05) is 0 Å². The molecule has 0 saturated heterocycles. The molecule has 4 aromatic rings. The number of benzene rings is 3. The van der Waals surface area contributed by atoms with E-state index in [0.717, 1.165) is 22.0 Å². The van der Waals surface area contributed by atoms with Crippen molar-refractivity contribution in [2.45, 2.75) is 39.5 Å². The van der Waals surface area contributed by atoms with Gasteiger partial charge in [-0.2, -0.15) is 0 Å². The van der Waals surface area contributed by atoms with Gasteiger partial charge in [0.15, 0.2) is 0 Å². The van der Waals surface area contributed by atoms with Crippen molar-refractivity contribution in [2.24, 2.45) is 5.73 Å². The molecule has 0 atom stereocenters. The maximum absolute atomic E-state index is 15.7. The number of primary amides is 1. The number of nitrogens with one attached hydrogen (secondary N) is 1. The van der Waals surface area contributed by atoms with Gasteiger partial charge in [0, 0.05) is 28.4 Å². The minimum Gasteiger partial charge on any atom is -0.444 e. The van der Waals surface area contributed by atoms with E-state index in [9.17, 15) is 9.59 Å². The molecule has 0 bridgehead atoms. The zero-order chi connectivity index (χ0) is 23.5. The van der Waals surface area contributed by atoms with Crippen LogP contribution in [0.25, 0.3) is 32.9 Å². The number of amides is 2. The number of hydrogen-bond acceptors (Lipinski definition) is 3. The summed E-state index contributed by atoms with van der Waals surface area (Å²) in [7, 11) is 0. The summed E-state index contributed by atoms with van der Waals surface area (Å²) in [5.41, 5.74) is 9.21. The van der Waals surface area contributed by atoms with E-state index in [4.69, 9.17) is 10.5 Å². The highest BCUT2D eigenvalue weighted by molar-refractivity contribution is 6.20. The van der Waals surface area contributed by atoms with Gasteiger partial charge < -0.3 is 15.5 Å². The summed E-state index contributed by atoms with van der Waals surface area (Å²) in [5.74, 6) is -1.24. The molecule has 0 saturated carbocycles. The average molecular weight is 445 g/mol. The Morgan fingerprint density at radius 3 is 2.58 bits per heavy atom. The molecular weight excluding hydrogens is 421 g/mol. The lowest BCUT2D eigenvalue weighted by molar-refractivity contribution is 0.0242. The van der Waals surface area contributed by atoms with Crippen LogP contribution in [0.2, 0.25) is 0 Å². The van der Waals surface area contributed by atoms with Gasteiger partial charge in [0.25, 0.3) is 5.91 Å². The number of H-pyrrole nitrogens is 1. The quantitative estimate of drug-likeness (QED) is 0.428. The third kappa shape index (κ3) is 3.50. The van der Waals surface area contributed by atoms with E-state index in [2.05, 4.69) is 4.98 Å². The van der Waals surface area contributed by atoms with Gasteiger partial charge in [-0.1, -0.05) is 36.4 Å². The van der Waals surface area contributed by atoms with Crippen molar-refractivity contribution in [3.8, 4) is 11.1 Å². The first-order valence-electron chi connectivity index (χ1n) is 10.8. The summed E-state index contributed by atoms with van der Waals surface area (Å²) in [4.78, 5) is 29.6. The summed E-state index contributed by atoms with van der Waals surface area (Å²) in [6.07, 6.45) is -0.411. The minimum atomic E-state index is -0.702. The molecule has 3 aromatic carbocycles. The van der Waals surface area contributed by atoms with Crippen LogP contribution in [0.15, 0.2) is 48.5 Å². The number of carbonyl (C=O) groups is 2. The molecule has 168 valence electrons. The Morgan fingerprint density at radius 2 is 1.85 bits per heavy atom. The number of halogens is 1. The van der Waals surface area contributed by atoms with Crippen LogP contribution in [0.5, 0.6) is 0 Å². The lowest BCUT2D eigenvalue weighted by Gasteiger charge is -2.24. The normalized spacial score (nSPS) is 13.5. The molecule has 2 heterocycles. The summed E-state index contributed by atoms with van der Waals surface area (Å²) < 4.78 is 21.2. The first-order chi connectivity index (χ1) is 15.6. The highest BCUT2D eigenvalue weighted by Crippen LogP contribution is 2.42. The van der Waals surface area contributed by atoms with Crippen LogP contribution in [-0.2, 0) is 17.8 Å². The topological polar surface area (TPSA) is 88.4 Å². The highest BCUT2D eigenvalue weighted by atomic mass is 19.1. The third-order valence-corrected chi connectivity index (χ3v) is 5.91. The Kier molecular flexibility index (Phi) is 4.67. The van der Waals surface area contributed by atoms with Crippen LogP contribution >= 0.6 is 0 Å². The predicted molar refractivity (Wildman–Crippen MR) is 125 cm³/mol. The molecule has 1 aliphatic rings.